The summed E-state index contributed by atoms with van der Waals surface area (Å²) in [7, 11) is 0. The molecule has 1 aromatic rings. The summed E-state index contributed by atoms with van der Waals surface area (Å²) < 4.78 is 0. The number of hydrogen-bond acceptors (Lipinski definition) is 3. The van der Waals surface area contributed by atoms with Crippen LogP contribution in [0.25, 0.3) is 0 Å². The third kappa shape index (κ3) is 5.11. The molecule has 120 valence electrons. The first-order valence-electron chi connectivity index (χ1n) is 7.82. The van der Waals surface area contributed by atoms with Gasteiger partial charge in [0.25, 0.3) is 0 Å². The summed E-state index contributed by atoms with van der Waals surface area (Å²) in [4.78, 5) is 23.8. The van der Waals surface area contributed by atoms with Gasteiger partial charge in [-0.2, -0.15) is 0 Å². The topological polar surface area (TPSA) is 66.4 Å². The molecule has 0 spiro atoms. The molecule has 0 heterocycles. The Morgan fingerprint density at radius 2 is 1.82 bits per heavy atom. The molecular formula is C17H22ClNO3. The molecule has 1 amide bonds. The van der Waals surface area contributed by atoms with Crippen molar-refractivity contribution in [3.05, 3.63) is 34.9 Å². The van der Waals surface area contributed by atoms with E-state index in [4.69, 9.17) is 11.6 Å². The van der Waals surface area contributed by atoms with Crippen LogP contribution in [0.15, 0.2) is 24.3 Å². The van der Waals surface area contributed by atoms with Gasteiger partial charge in [-0.25, -0.2) is 0 Å². The van der Waals surface area contributed by atoms with Crippen LogP contribution in [0.5, 0.6) is 0 Å². The Morgan fingerprint density at radius 1 is 1.14 bits per heavy atom. The number of hydrogen-bond donors (Lipinski definition) is 2. The average molecular weight is 324 g/mol. The molecule has 1 aliphatic rings. The maximum Gasteiger partial charge on any atom is 0.220 e. The van der Waals surface area contributed by atoms with Gasteiger partial charge < -0.3 is 10.4 Å². The summed E-state index contributed by atoms with van der Waals surface area (Å²) in [6, 6.07) is 6.64. The van der Waals surface area contributed by atoms with Gasteiger partial charge in [0.2, 0.25) is 5.91 Å². The van der Waals surface area contributed by atoms with Gasteiger partial charge in [-0.1, -0.05) is 24.4 Å². The van der Waals surface area contributed by atoms with Crippen LogP contribution in [0.1, 0.15) is 55.3 Å². The maximum absolute atomic E-state index is 12.0. The first-order valence-corrected chi connectivity index (χ1v) is 8.20. The number of benzene rings is 1. The third-order valence-corrected chi connectivity index (χ3v) is 4.30. The highest BCUT2D eigenvalue weighted by molar-refractivity contribution is 6.30. The minimum Gasteiger partial charge on any atom is -0.391 e. The molecule has 0 aromatic heterocycles. The summed E-state index contributed by atoms with van der Waals surface area (Å²) in [5.74, 6) is -0.0722. The van der Waals surface area contributed by atoms with Gasteiger partial charge in [0, 0.05) is 23.4 Å². The van der Waals surface area contributed by atoms with Gasteiger partial charge in [0.05, 0.1) is 12.1 Å². The number of carbonyl (C=O) groups excluding carboxylic acids is 2. The lowest BCUT2D eigenvalue weighted by Crippen LogP contribution is -2.45. The number of amides is 1. The van der Waals surface area contributed by atoms with Crippen molar-refractivity contribution in [2.75, 3.05) is 0 Å². The quantitative estimate of drug-likeness (QED) is 0.790. The van der Waals surface area contributed by atoms with E-state index in [1.807, 2.05) is 0 Å². The van der Waals surface area contributed by atoms with E-state index in [-0.39, 0.29) is 17.7 Å². The van der Waals surface area contributed by atoms with E-state index in [0.717, 1.165) is 25.7 Å². The summed E-state index contributed by atoms with van der Waals surface area (Å²) in [6.45, 7) is 0. The zero-order chi connectivity index (χ0) is 15.9. The summed E-state index contributed by atoms with van der Waals surface area (Å²) >= 11 is 5.78. The van der Waals surface area contributed by atoms with Gasteiger partial charge in [0.1, 0.15) is 0 Å². The molecule has 5 heteroatoms. The number of halogens is 1. The number of nitrogens with one attached hydrogen (secondary N) is 1. The van der Waals surface area contributed by atoms with Crippen molar-refractivity contribution >= 4 is 23.3 Å². The predicted octanol–water partition coefficient (Wildman–Crippen LogP) is 3.11. The standard InChI is InChI=1S/C17H22ClNO3/c18-13-10-8-12(9-11-13)15(20)6-3-7-17(22)19-14-4-1-2-5-16(14)21/h8-11,14,16,21H,1-7H2,(H,19,22). The molecular weight excluding hydrogens is 302 g/mol. The largest absolute Gasteiger partial charge is 0.391 e. The molecule has 2 atom stereocenters. The molecule has 2 unspecified atom stereocenters. The second-order valence-electron chi connectivity index (χ2n) is 5.81. The molecule has 2 rings (SSSR count). The van der Waals surface area contributed by atoms with Crippen LogP contribution in [0, 0.1) is 0 Å². The van der Waals surface area contributed by atoms with Crippen LogP contribution < -0.4 is 5.32 Å². The summed E-state index contributed by atoms with van der Waals surface area (Å²) in [5.41, 5.74) is 0.618. The Kier molecular flexibility index (Phi) is 6.40. The highest BCUT2D eigenvalue weighted by atomic mass is 35.5. The van der Waals surface area contributed by atoms with Crippen LogP contribution in [0.3, 0.4) is 0 Å². The zero-order valence-electron chi connectivity index (χ0n) is 12.6. The van der Waals surface area contributed by atoms with Crippen molar-refractivity contribution in [2.45, 2.75) is 57.1 Å². The molecule has 22 heavy (non-hydrogen) atoms. The molecule has 0 saturated heterocycles. The van der Waals surface area contributed by atoms with Crippen molar-refractivity contribution in [1.29, 1.82) is 0 Å². The van der Waals surface area contributed by atoms with Gasteiger partial charge in [-0.3, -0.25) is 9.59 Å². The van der Waals surface area contributed by atoms with E-state index in [9.17, 15) is 14.7 Å². The molecule has 0 radical (unpaired) electrons. The van der Waals surface area contributed by atoms with Crippen molar-refractivity contribution in [2.24, 2.45) is 0 Å². The number of aliphatic hydroxyl groups excluding tert-OH is 1. The van der Waals surface area contributed by atoms with Gasteiger partial charge in [-0.15, -0.1) is 0 Å². The van der Waals surface area contributed by atoms with Crippen LogP contribution >= 0.6 is 11.6 Å². The highest BCUT2D eigenvalue weighted by Crippen LogP contribution is 2.18. The first kappa shape index (κ1) is 17.0. The average Bonchev–Trinajstić information content (AvgIpc) is 2.50. The van der Waals surface area contributed by atoms with Gasteiger partial charge in [0.15, 0.2) is 5.78 Å². The maximum atomic E-state index is 12.0. The molecule has 0 aliphatic heterocycles. The lowest BCUT2D eigenvalue weighted by atomic mass is 9.92. The minimum atomic E-state index is -0.437. The number of rotatable bonds is 6. The van der Waals surface area contributed by atoms with Gasteiger partial charge >= 0.3 is 0 Å². The number of Topliss-reactive ketones (excluding diaryl/α,β-unsaturated/α-hetero) is 1. The number of carbonyl (C=O) groups is 2. The van der Waals surface area contributed by atoms with Crippen molar-refractivity contribution < 1.29 is 14.7 Å². The second kappa shape index (κ2) is 8.30. The lowest BCUT2D eigenvalue weighted by molar-refractivity contribution is -0.123. The van der Waals surface area contributed by atoms with Crippen molar-refractivity contribution in [3.8, 4) is 0 Å². The normalized spacial score (nSPS) is 21.4. The zero-order valence-corrected chi connectivity index (χ0v) is 13.3. The fraction of sp³-hybridized carbons (Fsp3) is 0.529. The first-order chi connectivity index (χ1) is 10.6. The van der Waals surface area contributed by atoms with E-state index in [1.165, 1.54) is 0 Å². The number of aliphatic hydroxyl groups is 1. The molecule has 1 fully saturated rings. The monoisotopic (exact) mass is 323 g/mol. The van der Waals surface area contributed by atoms with E-state index in [2.05, 4.69) is 5.32 Å². The minimum absolute atomic E-state index is 0.0159. The van der Waals surface area contributed by atoms with Crippen molar-refractivity contribution in [1.82, 2.24) is 5.32 Å². The Labute approximate surface area is 135 Å². The summed E-state index contributed by atoms with van der Waals surface area (Å²) in [6.07, 6.45) is 4.35. The molecule has 1 aromatic carbocycles. The van der Waals surface area contributed by atoms with E-state index >= 15 is 0 Å². The molecule has 4 nitrogen and oxygen atoms in total. The summed E-state index contributed by atoms with van der Waals surface area (Å²) in [5, 5.41) is 13.3. The Hall–Kier alpha value is -1.39. The SMILES string of the molecule is O=C(CCCC(=O)c1ccc(Cl)cc1)NC1CCCCC1O. The fourth-order valence-electron chi connectivity index (χ4n) is 2.75. The Bertz CT molecular complexity index is 515. The van der Waals surface area contributed by atoms with E-state index < -0.39 is 6.10 Å². The highest BCUT2D eigenvalue weighted by Gasteiger charge is 2.24. The molecule has 0 bridgehead atoms. The second-order valence-corrected chi connectivity index (χ2v) is 6.25. The lowest BCUT2D eigenvalue weighted by Gasteiger charge is -2.28. The van der Waals surface area contributed by atoms with E-state index in [1.54, 1.807) is 24.3 Å². The van der Waals surface area contributed by atoms with Crippen molar-refractivity contribution in [3.63, 3.8) is 0 Å². The van der Waals surface area contributed by atoms with Crippen LogP contribution in [-0.2, 0) is 4.79 Å². The number of ketones is 1. The molecule has 1 saturated carbocycles. The van der Waals surface area contributed by atoms with E-state index in [0.29, 0.717) is 29.8 Å². The predicted molar refractivity (Wildman–Crippen MR) is 86.0 cm³/mol. The van der Waals surface area contributed by atoms with Crippen LogP contribution in [-0.4, -0.2) is 28.9 Å². The Balaban J connectivity index is 1.70. The molecule has 1 aliphatic carbocycles. The van der Waals surface area contributed by atoms with Crippen LogP contribution in [0.4, 0.5) is 0 Å². The fourth-order valence-corrected chi connectivity index (χ4v) is 2.87. The van der Waals surface area contributed by atoms with Gasteiger partial charge in [-0.05, 0) is 43.5 Å². The van der Waals surface area contributed by atoms with Crippen LogP contribution in [0.2, 0.25) is 5.02 Å². The third-order valence-electron chi connectivity index (χ3n) is 4.05. The smallest absolute Gasteiger partial charge is 0.220 e. The molecule has 2 N–H and O–H groups in total. The Morgan fingerprint density at radius 3 is 2.50 bits per heavy atom.